The van der Waals surface area contributed by atoms with E-state index in [1.165, 1.54) is 0 Å². The Kier molecular flexibility index (Phi) is 1730. The zero-order chi connectivity index (χ0) is 6.71. The summed E-state index contributed by atoms with van der Waals surface area (Å²) in [5.41, 5.74) is 0. The van der Waals surface area contributed by atoms with Crippen LogP contribution < -0.4 is 0 Å². The third-order valence-electron chi connectivity index (χ3n) is 0. The second-order valence-corrected chi connectivity index (χ2v) is 0.316. The standard InChI is InChI=1S/C2H6O.C2H4.CH2O/c1-2-3;2*1-2/h3H,2H2,1H3;1-2H2;1H2. The molecule has 0 spiro atoms. The van der Waals surface area contributed by atoms with E-state index in [9.17, 15) is 0 Å². The molecule has 0 saturated carbocycles. The monoisotopic (exact) mass is 104 g/mol. The van der Waals surface area contributed by atoms with Crippen molar-refractivity contribution in [2.45, 2.75) is 6.92 Å². The Hall–Kier alpha value is -0.630. The minimum absolute atomic E-state index is 0.250. The SMILES string of the molecule is C=C.C=O.CCO. The molecule has 0 aliphatic carbocycles. The quantitative estimate of drug-likeness (QED) is 0.457. The first-order valence-corrected chi connectivity index (χ1v) is 1.81. The van der Waals surface area contributed by atoms with Crippen LogP contribution in [0.3, 0.4) is 0 Å². The average Bonchev–Trinajstić information content (AvgIpc) is 1.78. The molecule has 0 aliphatic heterocycles. The lowest BCUT2D eigenvalue weighted by molar-refractivity contribution is -0.0979. The van der Waals surface area contributed by atoms with Gasteiger partial charge in [-0.1, -0.05) is 0 Å². The van der Waals surface area contributed by atoms with E-state index in [0.29, 0.717) is 0 Å². The van der Waals surface area contributed by atoms with Crippen LogP contribution in [0.25, 0.3) is 0 Å². The second-order valence-electron chi connectivity index (χ2n) is 0.316. The van der Waals surface area contributed by atoms with Crippen LogP contribution in [0, 0.1) is 0 Å². The number of aliphatic hydroxyl groups is 1. The molecule has 0 aromatic heterocycles. The lowest BCUT2D eigenvalue weighted by Gasteiger charge is -1.52. The highest BCUT2D eigenvalue weighted by Gasteiger charge is 1.34. The minimum atomic E-state index is 0.250. The van der Waals surface area contributed by atoms with Gasteiger partial charge in [-0.05, 0) is 6.92 Å². The maximum atomic E-state index is 8.00. The van der Waals surface area contributed by atoms with Crippen LogP contribution in [0.2, 0.25) is 0 Å². The Morgan fingerprint density at radius 2 is 1.43 bits per heavy atom. The summed E-state index contributed by atoms with van der Waals surface area (Å²) >= 11 is 0. The number of hydrogen-bond acceptors (Lipinski definition) is 2. The predicted octanol–water partition coefficient (Wildman–Crippen LogP) is 0.616. The molecule has 44 valence electrons. The molecule has 0 aromatic rings. The Morgan fingerprint density at radius 3 is 1.43 bits per heavy atom. The van der Waals surface area contributed by atoms with Gasteiger partial charge in [0.2, 0.25) is 0 Å². The van der Waals surface area contributed by atoms with E-state index in [1.807, 2.05) is 6.79 Å². The minimum Gasteiger partial charge on any atom is -0.397 e. The third-order valence-corrected chi connectivity index (χ3v) is 0. The van der Waals surface area contributed by atoms with Crippen molar-refractivity contribution in [2.75, 3.05) is 6.61 Å². The number of aliphatic hydroxyl groups excluding tert-OH is 1. The Balaban J connectivity index is -0.0000000360. The van der Waals surface area contributed by atoms with E-state index in [1.54, 1.807) is 6.92 Å². The maximum Gasteiger partial charge on any atom is 0.106 e. The summed E-state index contributed by atoms with van der Waals surface area (Å²) in [5.74, 6) is 0. The molecule has 7 heavy (non-hydrogen) atoms. The van der Waals surface area contributed by atoms with Crippen LogP contribution in [0.15, 0.2) is 13.2 Å². The van der Waals surface area contributed by atoms with Gasteiger partial charge in [-0.25, -0.2) is 0 Å². The van der Waals surface area contributed by atoms with Gasteiger partial charge in [-0.15, -0.1) is 13.2 Å². The van der Waals surface area contributed by atoms with Gasteiger partial charge in [0.15, 0.2) is 0 Å². The molecule has 0 saturated heterocycles. The molecular formula is C5H12O2. The van der Waals surface area contributed by atoms with Crippen LogP contribution in [0.4, 0.5) is 0 Å². The summed E-state index contributed by atoms with van der Waals surface area (Å²) in [5, 5.41) is 7.57. The van der Waals surface area contributed by atoms with Gasteiger partial charge in [0.1, 0.15) is 6.79 Å². The first-order valence-electron chi connectivity index (χ1n) is 1.81. The predicted molar refractivity (Wildman–Crippen MR) is 31.1 cm³/mol. The zero-order valence-corrected chi connectivity index (χ0v) is 4.68. The van der Waals surface area contributed by atoms with E-state index in [-0.39, 0.29) is 6.61 Å². The van der Waals surface area contributed by atoms with Gasteiger partial charge in [0.25, 0.3) is 0 Å². The topological polar surface area (TPSA) is 37.3 Å². The van der Waals surface area contributed by atoms with E-state index in [0.717, 1.165) is 0 Å². The Labute approximate surface area is 44.5 Å². The van der Waals surface area contributed by atoms with Crippen molar-refractivity contribution in [1.29, 1.82) is 0 Å². The number of hydrogen-bond donors (Lipinski definition) is 1. The summed E-state index contributed by atoms with van der Waals surface area (Å²) in [6.45, 7) is 9.93. The van der Waals surface area contributed by atoms with Crippen molar-refractivity contribution in [3.05, 3.63) is 13.2 Å². The fraction of sp³-hybridized carbons (Fsp3) is 0.400. The van der Waals surface area contributed by atoms with Crippen LogP contribution >= 0.6 is 0 Å². The van der Waals surface area contributed by atoms with E-state index < -0.39 is 0 Å². The fourth-order valence-corrected chi connectivity index (χ4v) is 0. The first-order chi connectivity index (χ1) is 3.41. The van der Waals surface area contributed by atoms with Crippen molar-refractivity contribution >= 4 is 6.79 Å². The van der Waals surface area contributed by atoms with E-state index in [2.05, 4.69) is 13.2 Å². The molecule has 0 unspecified atom stereocenters. The Morgan fingerprint density at radius 1 is 1.43 bits per heavy atom. The average molecular weight is 104 g/mol. The summed E-state index contributed by atoms with van der Waals surface area (Å²) < 4.78 is 0. The third kappa shape index (κ3) is 154. The maximum absolute atomic E-state index is 8.00. The van der Waals surface area contributed by atoms with Crippen LogP contribution in [-0.4, -0.2) is 18.5 Å². The highest BCUT2D eigenvalue weighted by atomic mass is 16.2. The van der Waals surface area contributed by atoms with Gasteiger partial charge in [-0.2, -0.15) is 0 Å². The lowest BCUT2D eigenvalue weighted by atomic mass is 10.9. The highest BCUT2D eigenvalue weighted by Crippen LogP contribution is 1.30. The van der Waals surface area contributed by atoms with Crippen molar-refractivity contribution in [2.24, 2.45) is 0 Å². The molecule has 0 fully saturated rings. The molecule has 0 amide bonds. The molecular weight excluding hydrogens is 92.1 g/mol. The normalized spacial score (nSPS) is 3.71. The van der Waals surface area contributed by atoms with Crippen LogP contribution in [0.1, 0.15) is 6.92 Å². The summed E-state index contributed by atoms with van der Waals surface area (Å²) in [6, 6.07) is 0. The lowest BCUT2D eigenvalue weighted by Crippen LogP contribution is -1.57. The second kappa shape index (κ2) is 749. The van der Waals surface area contributed by atoms with Crippen molar-refractivity contribution < 1.29 is 9.90 Å². The number of rotatable bonds is 0. The van der Waals surface area contributed by atoms with Gasteiger partial charge < -0.3 is 9.90 Å². The molecule has 0 radical (unpaired) electrons. The molecule has 0 aromatic carbocycles. The molecule has 1 N–H and O–H groups in total. The smallest absolute Gasteiger partial charge is 0.106 e. The molecule has 0 rings (SSSR count). The zero-order valence-electron chi connectivity index (χ0n) is 4.68. The van der Waals surface area contributed by atoms with Crippen molar-refractivity contribution in [3.8, 4) is 0 Å². The number of carbonyl (C=O) groups is 1. The molecule has 0 bridgehead atoms. The van der Waals surface area contributed by atoms with Crippen LogP contribution in [0.5, 0.6) is 0 Å². The molecule has 2 heteroatoms. The molecule has 0 aliphatic rings. The van der Waals surface area contributed by atoms with Crippen molar-refractivity contribution in [1.82, 2.24) is 0 Å². The Bertz CT molecular complexity index is 13.6. The van der Waals surface area contributed by atoms with Crippen molar-refractivity contribution in [3.63, 3.8) is 0 Å². The molecule has 2 nitrogen and oxygen atoms in total. The number of carbonyl (C=O) groups excluding carboxylic acids is 1. The first kappa shape index (κ1) is 16.2. The van der Waals surface area contributed by atoms with Gasteiger partial charge >= 0.3 is 0 Å². The van der Waals surface area contributed by atoms with Gasteiger partial charge in [0.05, 0.1) is 0 Å². The van der Waals surface area contributed by atoms with Gasteiger partial charge in [0, 0.05) is 6.61 Å². The summed E-state index contributed by atoms with van der Waals surface area (Å²) in [6.07, 6.45) is 0. The fourth-order valence-electron chi connectivity index (χ4n) is 0. The summed E-state index contributed by atoms with van der Waals surface area (Å²) in [4.78, 5) is 8.00. The van der Waals surface area contributed by atoms with Gasteiger partial charge in [-0.3, -0.25) is 0 Å². The molecule has 0 atom stereocenters. The van der Waals surface area contributed by atoms with E-state index >= 15 is 0 Å². The van der Waals surface area contributed by atoms with E-state index in [4.69, 9.17) is 9.90 Å². The molecule has 0 heterocycles. The van der Waals surface area contributed by atoms with Crippen LogP contribution in [-0.2, 0) is 4.79 Å². The highest BCUT2D eigenvalue weighted by molar-refractivity contribution is 5.10. The summed E-state index contributed by atoms with van der Waals surface area (Å²) in [7, 11) is 0. The largest absolute Gasteiger partial charge is 0.397 e.